The van der Waals surface area contributed by atoms with Crippen molar-refractivity contribution in [1.29, 1.82) is 0 Å². The molecule has 3 rings (SSSR count). The molecule has 32 heavy (non-hydrogen) atoms. The maximum atomic E-state index is 13.0. The molecule has 0 spiro atoms. The van der Waals surface area contributed by atoms with E-state index >= 15 is 0 Å². The van der Waals surface area contributed by atoms with Gasteiger partial charge in [-0.1, -0.05) is 50.0 Å². The Labute approximate surface area is 201 Å². The summed E-state index contributed by atoms with van der Waals surface area (Å²) in [6.45, 7) is 8.17. The van der Waals surface area contributed by atoms with Gasteiger partial charge in [-0.15, -0.1) is 0 Å². The maximum absolute atomic E-state index is 13.0. The molecule has 0 N–H and O–H groups in total. The number of carbonyl (C=O) groups is 1. The van der Waals surface area contributed by atoms with Crippen molar-refractivity contribution in [2.45, 2.75) is 20.3 Å². The topological polar surface area (TPSA) is 36.0 Å². The molecule has 1 heterocycles. The van der Waals surface area contributed by atoms with Crippen LogP contribution in [-0.4, -0.2) is 55.5 Å². The van der Waals surface area contributed by atoms with Gasteiger partial charge in [0.05, 0.1) is 17.2 Å². The first-order valence-corrected chi connectivity index (χ1v) is 12.2. The number of rotatable bonds is 10. The van der Waals surface area contributed by atoms with Crippen LogP contribution in [0, 0.1) is 0 Å². The lowest BCUT2D eigenvalue weighted by molar-refractivity contribution is -0.113. The van der Waals surface area contributed by atoms with E-state index in [2.05, 4.69) is 18.7 Å². The highest BCUT2D eigenvalue weighted by atomic mass is 32.2. The molecule has 0 atom stereocenters. The van der Waals surface area contributed by atoms with Gasteiger partial charge >= 0.3 is 0 Å². The fraction of sp³-hybridized carbons (Fsp3) is 0.360. The van der Waals surface area contributed by atoms with E-state index in [9.17, 15) is 4.79 Å². The van der Waals surface area contributed by atoms with E-state index in [0.717, 1.165) is 48.7 Å². The number of hydrogen-bond donors (Lipinski definition) is 0. The number of benzene rings is 2. The molecule has 0 radical (unpaired) electrons. The van der Waals surface area contributed by atoms with Crippen LogP contribution in [0.25, 0.3) is 6.08 Å². The molecule has 1 saturated heterocycles. The van der Waals surface area contributed by atoms with Crippen molar-refractivity contribution in [1.82, 2.24) is 4.90 Å². The summed E-state index contributed by atoms with van der Waals surface area (Å²) in [6.07, 6.45) is 2.88. The van der Waals surface area contributed by atoms with Crippen LogP contribution in [0.5, 0.6) is 5.75 Å². The van der Waals surface area contributed by atoms with Gasteiger partial charge in [0.2, 0.25) is 0 Å². The Hall–Kier alpha value is -2.35. The molecule has 170 valence electrons. The first kappa shape index (κ1) is 24.3. The van der Waals surface area contributed by atoms with Crippen LogP contribution in [0.1, 0.15) is 25.8 Å². The van der Waals surface area contributed by atoms with Gasteiger partial charge in [0.25, 0.3) is 5.91 Å². The molecule has 0 aliphatic carbocycles. The summed E-state index contributed by atoms with van der Waals surface area (Å²) in [4.78, 5) is 19.7. The minimum absolute atomic E-state index is 0.0930. The largest absolute Gasteiger partial charge is 0.494 e. The van der Waals surface area contributed by atoms with Crippen molar-refractivity contribution in [3.63, 3.8) is 0 Å². The molecule has 5 nitrogen and oxygen atoms in total. The van der Waals surface area contributed by atoms with Crippen molar-refractivity contribution in [2.24, 2.45) is 0 Å². The number of anilines is 2. The second-order valence-corrected chi connectivity index (χ2v) is 9.40. The van der Waals surface area contributed by atoms with Gasteiger partial charge in [0, 0.05) is 26.3 Å². The fourth-order valence-corrected chi connectivity index (χ4v) is 4.72. The van der Waals surface area contributed by atoms with Crippen LogP contribution in [-0.2, 0) is 4.79 Å². The molecule has 2 aromatic rings. The number of thioether (sulfide) groups is 1. The molecule has 7 heteroatoms. The third-order valence-corrected chi connectivity index (χ3v) is 6.68. The molecular formula is C25H31N3O2S2. The standard InChI is InChI=1S/C25H31N3O2S2/c1-5-27(6-2)16-7-17-30-22-14-12-21(13-15-22)28-24(29)23(32-25(28)31)18-19-8-10-20(11-9-19)26(3)4/h8-15,18H,5-7,16-17H2,1-4H3. The fourth-order valence-electron chi connectivity index (χ4n) is 3.42. The van der Waals surface area contributed by atoms with E-state index in [0.29, 0.717) is 15.8 Å². The lowest BCUT2D eigenvalue weighted by atomic mass is 10.2. The minimum atomic E-state index is -0.0930. The van der Waals surface area contributed by atoms with Gasteiger partial charge in [0.1, 0.15) is 5.75 Å². The zero-order chi connectivity index (χ0) is 23.1. The Morgan fingerprint density at radius 1 is 1.03 bits per heavy atom. The van der Waals surface area contributed by atoms with Crippen LogP contribution in [0.4, 0.5) is 11.4 Å². The Bertz CT molecular complexity index is 952. The summed E-state index contributed by atoms with van der Waals surface area (Å²) < 4.78 is 6.40. The summed E-state index contributed by atoms with van der Waals surface area (Å²) >= 11 is 6.83. The molecule has 2 aromatic carbocycles. The Morgan fingerprint density at radius 3 is 2.28 bits per heavy atom. The van der Waals surface area contributed by atoms with Gasteiger partial charge in [0.15, 0.2) is 4.32 Å². The third kappa shape index (κ3) is 6.12. The second kappa shape index (κ2) is 11.5. The average molecular weight is 470 g/mol. The number of amides is 1. The van der Waals surface area contributed by atoms with Gasteiger partial charge < -0.3 is 14.5 Å². The van der Waals surface area contributed by atoms with Crippen LogP contribution >= 0.6 is 24.0 Å². The molecule has 0 unspecified atom stereocenters. The summed E-state index contributed by atoms with van der Waals surface area (Å²) in [7, 11) is 4.01. The molecule has 0 bridgehead atoms. The number of carbonyl (C=O) groups excluding carboxylic acids is 1. The van der Waals surface area contributed by atoms with E-state index in [1.165, 1.54) is 11.8 Å². The highest BCUT2D eigenvalue weighted by Crippen LogP contribution is 2.36. The monoisotopic (exact) mass is 469 g/mol. The minimum Gasteiger partial charge on any atom is -0.494 e. The van der Waals surface area contributed by atoms with Crippen molar-refractivity contribution < 1.29 is 9.53 Å². The van der Waals surface area contributed by atoms with E-state index in [1.54, 1.807) is 4.90 Å². The molecular weight excluding hydrogens is 438 g/mol. The summed E-state index contributed by atoms with van der Waals surface area (Å²) in [5.41, 5.74) is 2.85. The normalized spacial score (nSPS) is 15.2. The second-order valence-electron chi connectivity index (χ2n) is 7.73. The summed E-state index contributed by atoms with van der Waals surface area (Å²) in [6, 6.07) is 15.7. The summed E-state index contributed by atoms with van der Waals surface area (Å²) in [5, 5.41) is 0. The zero-order valence-electron chi connectivity index (χ0n) is 19.2. The van der Waals surface area contributed by atoms with Crippen molar-refractivity contribution >= 4 is 51.7 Å². The molecule has 0 aromatic heterocycles. The van der Waals surface area contributed by atoms with Crippen molar-refractivity contribution in [3.05, 3.63) is 59.0 Å². The predicted molar refractivity (Wildman–Crippen MR) is 141 cm³/mol. The lowest BCUT2D eigenvalue weighted by Crippen LogP contribution is -2.27. The van der Waals surface area contributed by atoms with E-state index in [-0.39, 0.29) is 5.91 Å². The van der Waals surface area contributed by atoms with Gasteiger partial charge in [-0.05, 0) is 67.5 Å². The smallest absolute Gasteiger partial charge is 0.270 e. The number of nitrogens with zero attached hydrogens (tertiary/aromatic N) is 3. The highest BCUT2D eigenvalue weighted by molar-refractivity contribution is 8.27. The number of ether oxygens (including phenoxy) is 1. The van der Waals surface area contributed by atoms with E-state index in [1.807, 2.05) is 73.6 Å². The average Bonchev–Trinajstić information content (AvgIpc) is 3.07. The van der Waals surface area contributed by atoms with Crippen molar-refractivity contribution in [2.75, 3.05) is 50.1 Å². The van der Waals surface area contributed by atoms with Crippen molar-refractivity contribution in [3.8, 4) is 5.75 Å². The maximum Gasteiger partial charge on any atom is 0.270 e. The first-order valence-electron chi connectivity index (χ1n) is 10.9. The van der Waals surface area contributed by atoms with E-state index < -0.39 is 0 Å². The Balaban J connectivity index is 1.61. The van der Waals surface area contributed by atoms with Gasteiger partial charge in [-0.2, -0.15) is 0 Å². The van der Waals surface area contributed by atoms with Crippen LogP contribution in [0.2, 0.25) is 0 Å². The molecule has 1 fully saturated rings. The third-order valence-electron chi connectivity index (χ3n) is 5.38. The van der Waals surface area contributed by atoms with Gasteiger partial charge in [-0.3, -0.25) is 9.69 Å². The first-order chi connectivity index (χ1) is 15.4. The van der Waals surface area contributed by atoms with Crippen LogP contribution in [0.15, 0.2) is 53.4 Å². The van der Waals surface area contributed by atoms with E-state index in [4.69, 9.17) is 17.0 Å². The van der Waals surface area contributed by atoms with Crippen LogP contribution in [0.3, 0.4) is 0 Å². The SMILES string of the molecule is CCN(CC)CCCOc1ccc(N2C(=O)C(=Cc3ccc(N(C)C)cc3)SC2=S)cc1. The lowest BCUT2D eigenvalue weighted by Gasteiger charge is -2.18. The Kier molecular flexibility index (Phi) is 8.73. The quantitative estimate of drug-likeness (QED) is 0.268. The molecule has 0 saturated carbocycles. The number of thiocarbonyl (C=S) groups is 1. The number of hydrogen-bond acceptors (Lipinski definition) is 6. The molecule has 1 aliphatic heterocycles. The molecule has 1 aliphatic rings. The Morgan fingerprint density at radius 2 is 1.69 bits per heavy atom. The summed E-state index contributed by atoms with van der Waals surface area (Å²) in [5.74, 6) is 0.708. The predicted octanol–water partition coefficient (Wildman–Crippen LogP) is 5.27. The zero-order valence-corrected chi connectivity index (χ0v) is 20.8. The van der Waals surface area contributed by atoms with Gasteiger partial charge in [-0.25, -0.2) is 0 Å². The van der Waals surface area contributed by atoms with Crippen LogP contribution < -0.4 is 14.5 Å². The highest BCUT2D eigenvalue weighted by Gasteiger charge is 2.33. The molecule has 1 amide bonds.